The van der Waals surface area contributed by atoms with Crippen LogP contribution >= 0.6 is 0 Å². The van der Waals surface area contributed by atoms with Crippen molar-refractivity contribution in [2.45, 2.75) is 19.4 Å². The van der Waals surface area contributed by atoms with Crippen LogP contribution in [-0.4, -0.2) is 58.1 Å². The maximum absolute atomic E-state index is 13.5. The fourth-order valence-electron chi connectivity index (χ4n) is 3.28. The van der Waals surface area contributed by atoms with Crippen LogP contribution in [0.1, 0.15) is 33.7 Å². The standard InChI is InChI=1S/C21H22FN5O3/c1-30-12-4-11-27-18-16(7-8-17(23-18)20(29)26-9-3-10-26)24-21(27)25-19(28)14-5-2-6-15(22)13-14/h2,5-8,13H,3-4,9-12H2,1H3,(H,24,25,28). The molecular weight excluding hydrogens is 389 g/mol. The molecule has 1 N–H and O–H groups in total. The Balaban J connectivity index is 1.67. The van der Waals surface area contributed by atoms with Crippen LogP contribution in [0, 0.1) is 5.82 Å². The molecule has 8 nitrogen and oxygen atoms in total. The monoisotopic (exact) mass is 411 g/mol. The van der Waals surface area contributed by atoms with E-state index in [1.165, 1.54) is 18.2 Å². The maximum Gasteiger partial charge on any atom is 0.272 e. The molecule has 1 fully saturated rings. The SMILES string of the molecule is COCCCn1c(NC(=O)c2cccc(F)c2)nc2ccc(C(=O)N3CCC3)nc21. The van der Waals surface area contributed by atoms with Crippen LogP contribution in [0.4, 0.5) is 10.3 Å². The topological polar surface area (TPSA) is 89.3 Å². The Labute approximate surface area is 172 Å². The average Bonchev–Trinajstić information content (AvgIpc) is 3.03. The van der Waals surface area contributed by atoms with Crippen molar-refractivity contribution < 1.29 is 18.7 Å². The number of carbonyl (C=O) groups excluding carboxylic acids is 2. The zero-order chi connectivity index (χ0) is 21.1. The molecule has 0 saturated carbocycles. The first-order chi connectivity index (χ1) is 14.6. The number of amides is 2. The fourth-order valence-corrected chi connectivity index (χ4v) is 3.28. The minimum absolute atomic E-state index is 0.113. The highest BCUT2D eigenvalue weighted by molar-refractivity contribution is 6.04. The molecule has 1 saturated heterocycles. The third kappa shape index (κ3) is 4.02. The molecule has 0 unspecified atom stereocenters. The van der Waals surface area contributed by atoms with E-state index in [9.17, 15) is 14.0 Å². The lowest BCUT2D eigenvalue weighted by molar-refractivity contribution is 0.0646. The smallest absolute Gasteiger partial charge is 0.272 e. The molecule has 9 heteroatoms. The van der Waals surface area contributed by atoms with Gasteiger partial charge in [-0.15, -0.1) is 0 Å². The van der Waals surface area contributed by atoms with Gasteiger partial charge in [0.25, 0.3) is 11.8 Å². The van der Waals surface area contributed by atoms with Gasteiger partial charge in [-0.2, -0.15) is 0 Å². The minimum Gasteiger partial charge on any atom is -0.385 e. The third-order valence-electron chi connectivity index (χ3n) is 5.00. The molecule has 1 aliphatic heterocycles. The summed E-state index contributed by atoms with van der Waals surface area (Å²) in [5.74, 6) is -0.795. The van der Waals surface area contributed by atoms with E-state index in [1.807, 2.05) is 0 Å². The highest BCUT2D eigenvalue weighted by Crippen LogP contribution is 2.21. The van der Waals surface area contributed by atoms with Gasteiger partial charge >= 0.3 is 0 Å². The van der Waals surface area contributed by atoms with Gasteiger partial charge in [0.2, 0.25) is 5.95 Å². The van der Waals surface area contributed by atoms with Crippen molar-refractivity contribution in [2.75, 3.05) is 32.1 Å². The van der Waals surface area contributed by atoms with Crippen LogP contribution < -0.4 is 5.32 Å². The van der Waals surface area contributed by atoms with E-state index in [0.717, 1.165) is 25.6 Å². The van der Waals surface area contributed by atoms with E-state index in [2.05, 4.69) is 15.3 Å². The molecule has 1 aliphatic rings. The lowest BCUT2D eigenvalue weighted by Gasteiger charge is -2.30. The van der Waals surface area contributed by atoms with E-state index in [-0.39, 0.29) is 17.4 Å². The number of anilines is 1. The highest BCUT2D eigenvalue weighted by atomic mass is 19.1. The molecule has 2 aromatic heterocycles. The van der Waals surface area contributed by atoms with Crippen molar-refractivity contribution in [3.8, 4) is 0 Å². The molecule has 2 amide bonds. The number of fused-ring (bicyclic) bond motifs is 1. The summed E-state index contributed by atoms with van der Waals surface area (Å²) < 4.78 is 20.4. The molecule has 3 aromatic rings. The van der Waals surface area contributed by atoms with Gasteiger partial charge in [-0.05, 0) is 43.2 Å². The number of rotatable bonds is 7. The number of imidazole rings is 1. The zero-order valence-electron chi connectivity index (χ0n) is 16.6. The molecule has 0 radical (unpaired) electrons. The normalized spacial score (nSPS) is 13.3. The van der Waals surface area contributed by atoms with Crippen LogP contribution in [0.3, 0.4) is 0 Å². The molecular formula is C21H22FN5O3. The summed E-state index contributed by atoms with van der Waals surface area (Å²) in [6.45, 7) is 2.47. The molecule has 1 aromatic carbocycles. The van der Waals surface area contributed by atoms with Gasteiger partial charge in [-0.1, -0.05) is 6.07 Å². The summed E-state index contributed by atoms with van der Waals surface area (Å²) in [7, 11) is 1.61. The molecule has 156 valence electrons. The lowest BCUT2D eigenvalue weighted by atomic mass is 10.2. The van der Waals surface area contributed by atoms with Crippen LogP contribution in [0.15, 0.2) is 36.4 Å². The second-order valence-electron chi connectivity index (χ2n) is 7.08. The Morgan fingerprint density at radius 3 is 2.73 bits per heavy atom. The summed E-state index contributed by atoms with van der Waals surface area (Å²) >= 11 is 0. The second-order valence-corrected chi connectivity index (χ2v) is 7.08. The van der Waals surface area contributed by atoms with Crippen molar-refractivity contribution >= 4 is 28.9 Å². The Morgan fingerprint density at radius 2 is 2.03 bits per heavy atom. The number of aromatic nitrogens is 3. The van der Waals surface area contributed by atoms with Crippen LogP contribution in [0.5, 0.6) is 0 Å². The van der Waals surface area contributed by atoms with Crippen molar-refractivity contribution in [1.29, 1.82) is 0 Å². The van der Waals surface area contributed by atoms with Gasteiger partial charge in [-0.25, -0.2) is 14.4 Å². The number of halogens is 1. The number of ether oxygens (including phenoxy) is 1. The van der Waals surface area contributed by atoms with E-state index >= 15 is 0 Å². The molecule has 0 bridgehead atoms. The molecule has 30 heavy (non-hydrogen) atoms. The summed E-state index contributed by atoms with van der Waals surface area (Å²) in [6.07, 6.45) is 1.66. The van der Waals surface area contributed by atoms with E-state index in [1.54, 1.807) is 28.7 Å². The van der Waals surface area contributed by atoms with Crippen molar-refractivity contribution in [2.24, 2.45) is 0 Å². The number of hydrogen-bond acceptors (Lipinski definition) is 5. The Morgan fingerprint density at radius 1 is 1.20 bits per heavy atom. The lowest BCUT2D eigenvalue weighted by Crippen LogP contribution is -2.42. The van der Waals surface area contributed by atoms with Crippen LogP contribution in [0.2, 0.25) is 0 Å². The number of benzene rings is 1. The summed E-state index contributed by atoms with van der Waals surface area (Å²) in [4.78, 5) is 35.9. The molecule has 0 spiro atoms. The van der Waals surface area contributed by atoms with Gasteiger partial charge in [-0.3, -0.25) is 19.5 Å². The first kappa shape index (κ1) is 20.0. The quantitative estimate of drug-likeness (QED) is 0.604. The summed E-state index contributed by atoms with van der Waals surface area (Å²) in [6, 6.07) is 8.81. The predicted molar refractivity (Wildman–Crippen MR) is 109 cm³/mol. The number of nitrogens with zero attached hydrogens (tertiary/aromatic N) is 4. The predicted octanol–water partition coefficient (Wildman–Crippen LogP) is 2.71. The van der Waals surface area contributed by atoms with E-state index in [4.69, 9.17) is 4.74 Å². The van der Waals surface area contributed by atoms with Gasteiger partial charge in [0, 0.05) is 38.9 Å². The van der Waals surface area contributed by atoms with E-state index < -0.39 is 11.7 Å². The molecule has 0 aliphatic carbocycles. The molecule has 4 rings (SSSR count). The van der Waals surface area contributed by atoms with Gasteiger partial charge < -0.3 is 9.64 Å². The fraction of sp³-hybridized carbons (Fsp3) is 0.333. The summed E-state index contributed by atoms with van der Waals surface area (Å²) in [5.41, 5.74) is 1.60. The van der Waals surface area contributed by atoms with E-state index in [0.29, 0.717) is 36.4 Å². The molecule has 0 atom stereocenters. The minimum atomic E-state index is -0.493. The van der Waals surface area contributed by atoms with Gasteiger partial charge in [0.1, 0.15) is 17.0 Å². The molecule has 3 heterocycles. The van der Waals surface area contributed by atoms with Gasteiger partial charge in [0.15, 0.2) is 5.65 Å². The van der Waals surface area contributed by atoms with Crippen LogP contribution in [0.25, 0.3) is 11.2 Å². The number of nitrogens with one attached hydrogen (secondary N) is 1. The number of aryl methyl sites for hydroxylation is 1. The number of pyridine rings is 1. The number of hydrogen-bond donors (Lipinski definition) is 1. The van der Waals surface area contributed by atoms with Crippen molar-refractivity contribution in [3.63, 3.8) is 0 Å². The summed E-state index contributed by atoms with van der Waals surface area (Å²) in [5, 5.41) is 2.73. The first-order valence-corrected chi connectivity index (χ1v) is 9.79. The number of likely N-dealkylation sites (tertiary alicyclic amines) is 1. The zero-order valence-corrected chi connectivity index (χ0v) is 16.6. The van der Waals surface area contributed by atoms with Crippen molar-refractivity contribution in [1.82, 2.24) is 19.4 Å². The van der Waals surface area contributed by atoms with Crippen LogP contribution in [-0.2, 0) is 11.3 Å². The second kappa shape index (κ2) is 8.58. The maximum atomic E-state index is 13.5. The highest BCUT2D eigenvalue weighted by Gasteiger charge is 2.24. The largest absolute Gasteiger partial charge is 0.385 e. The first-order valence-electron chi connectivity index (χ1n) is 9.79. The Kier molecular flexibility index (Phi) is 5.71. The number of methoxy groups -OCH3 is 1. The third-order valence-corrected chi connectivity index (χ3v) is 5.00. The van der Waals surface area contributed by atoms with Crippen molar-refractivity contribution in [3.05, 3.63) is 53.5 Å². The average molecular weight is 411 g/mol. The Hall–Kier alpha value is -3.33. The number of carbonyl (C=O) groups is 2. The Bertz CT molecular complexity index is 1090. The van der Waals surface area contributed by atoms with Gasteiger partial charge in [0.05, 0.1) is 0 Å².